The lowest BCUT2D eigenvalue weighted by molar-refractivity contribution is -0.345. The highest BCUT2D eigenvalue weighted by molar-refractivity contribution is 6.15. The molecule has 62 heavy (non-hydrogen) atoms. The van der Waals surface area contributed by atoms with Gasteiger partial charge in [0, 0.05) is 5.56 Å². The maximum absolute atomic E-state index is 14.5. The Morgan fingerprint density at radius 3 is 1.19 bits per heavy atom. The van der Waals surface area contributed by atoms with Crippen LogP contribution in [0.25, 0.3) is 0 Å². The number of benzene rings is 1. The summed E-state index contributed by atoms with van der Waals surface area (Å²) in [5.41, 5.74) is -8.11. The first kappa shape index (κ1) is 54.2. The zero-order valence-corrected chi connectivity index (χ0v) is 41.3. The molecule has 1 aliphatic carbocycles. The van der Waals surface area contributed by atoms with Crippen LogP contribution in [0.1, 0.15) is 185 Å². The fraction of sp³-hybridized carbons (Fsp3) is 0.694. The van der Waals surface area contributed by atoms with Gasteiger partial charge >= 0.3 is 23.9 Å². The fourth-order valence-corrected chi connectivity index (χ4v) is 8.58. The number of allylic oxidation sites excluding steroid dienone is 2. The van der Waals surface area contributed by atoms with E-state index in [0.29, 0.717) is 25.7 Å². The van der Waals surface area contributed by atoms with E-state index >= 15 is 0 Å². The summed E-state index contributed by atoms with van der Waals surface area (Å²) in [6.45, 7) is 37.8. The Balaban J connectivity index is 2.73. The number of hydrogen-bond donors (Lipinski definition) is 0. The normalized spacial score (nSPS) is 16.6. The Bertz CT molecular complexity index is 1790. The van der Waals surface area contributed by atoms with Crippen molar-refractivity contribution < 1.29 is 63.1 Å². The molecule has 0 fully saturated rings. The maximum atomic E-state index is 14.5. The molecule has 0 heterocycles. The van der Waals surface area contributed by atoms with Gasteiger partial charge in [-0.3, -0.25) is 24.3 Å². The first-order valence-electron chi connectivity index (χ1n) is 21.3. The molecule has 1 aliphatic rings. The first-order chi connectivity index (χ1) is 27.7. The van der Waals surface area contributed by atoms with Gasteiger partial charge in [-0.1, -0.05) is 113 Å². The summed E-state index contributed by atoms with van der Waals surface area (Å²) in [7, 11) is 0. The number of Topliss-reactive ketones (excluding diaryl/α,β-unsaturated/α-hetero) is 1. The number of carbonyl (C=O) groups excluding carboxylic acids is 5. The van der Waals surface area contributed by atoms with Crippen LogP contribution in [-0.2, 0) is 53.5 Å². The predicted molar refractivity (Wildman–Crippen MR) is 235 cm³/mol. The highest BCUT2D eigenvalue weighted by Crippen LogP contribution is 2.42. The van der Waals surface area contributed by atoms with Crippen molar-refractivity contribution in [1.82, 2.24) is 0 Å². The van der Waals surface area contributed by atoms with Gasteiger partial charge in [0.05, 0.1) is 17.1 Å². The molecule has 0 aromatic heterocycles. The van der Waals surface area contributed by atoms with E-state index in [1.807, 2.05) is 83.1 Å². The van der Waals surface area contributed by atoms with Crippen LogP contribution < -0.4 is 0 Å². The van der Waals surface area contributed by atoms with Crippen LogP contribution in [0.2, 0.25) is 0 Å². The minimum atomic E-state index is -2.72. The van der Waals surface area contributed by atoms with Crippen LogP contribution in [0.3, 0.4) is 0 Å². The molecule has 1 atom stereocenters. The lowest BCUT2D eigenvalue weighted by atomic mass is 9.73. The van der Waals surface area contributed by atoms with Gasteiger partial charge in [-0.25, -0.2) is 19.2 Å². The summed E-state index contributed by atoms with van der Waals surface area (Å²) in [6.07, 6.45) is 5.29. The smallest absolute Gasteiger partial charge is 0.296 e. The molecule has 13 nitrogen and oxygen atoms in total. The second kappa shape index (κ2) is 19.5. The maximum Gasteiger partial charge on any atom is 0.373 e. The van der Waals surface area contributed by atoms with E-state index in [0.717, 1.165) is 12.2 Å². The van der Waals surface area contributed by atoms with E-state index in [4.69, 9.17) is 39.1 Å². The standard InChI is InChI=1S/C49H76O13/c1-41(2,3)28-45(13,14)59-55-37(51)34-23-21-22-32(26-34)36(50)33-24-25-49(39(53)57-61-47(17,18)30-43(7,8)9,40(54)58-62-48(19,20)31-44(10,11)12)35(27-33)38(52)56-60-46(15,16)29-42(4,5)6/h21-27,33H,28-31H2,1-20H3. The minimum absolute atomic E-state index is 0.0202. The summed E-state index contributed by atoms with van der Waals surface area (Å²) >= 11 is 0. The predicted octanol–water partition coefficient (Wildman–Crippen LogP) is 11.3. The van der Waals surface area contributed by atoms with Gasteiger partial charge in [-0.15, -0.1) is 0 Å². The van der Waals surface area contributed by atoms with Crippen LogP contribution in [0.4, 0.5) is 0 Å². The lowest BCUT2D eigenvalue weighted by Crippen LogP contribution is -2.48. The molecule has 0 saturated carbocycles. The summed E-state index contributed by atoms with van der Waals surface area (Å²) in [4.78, 5) is 115. The molecule has 350 valence electrons. The van der Waals surface area contributed by atoms with Crippen molar-refractivity contribution in [3.05, 3.63) is 59.2 Å². The number of hydrogen-bond acceptors (Lipinski definition) is 13. The minimum Gasteiger partial charge on any atom is -0.296 e. The van der Waals surface area contributed by atoms with Crippen molar-refractivity contribution >= 4 is 29.7 Å². The van der Waals surface area contributed by atoms with Gasteiger partial charge in [0.25, 0.3) is 0 Å². The Morgan fingerprint density at radius 1 is 0.484 bits per heavy atom. The van der Waals surface area contributed by atoms with Crippen molar-refractivity contribution in [1.29, 1.82) is 0 Å². The molecule has 1 aromatic rings. The van der Waals surface area contributed by atoms with Crippen LogP contribution in [-0.4, -0.2) is 52.1 Å². The van der Waals surface area contributed by atoms with Crippen molar-refractivity contribution in [2.75, 3.05) is 0 Å². The van der Waals surface area contributed by atoms with E-state index in [2.05, 4.69) is 0 Å². The zero-order chi connectivity index (χ0) is 48.1. The zero-order valence-electron chi connectivity index (χ0n) is 41.3. The van der Waals surface area contributed by atoms with Crippen molar-refractivity contribution in [2.24, 2.45) is 33.0 Å². The van der Waals surface area contributed by atoms with E-state index in [-0.39, 0.29) is 32.8 Å². The quantitative estimate of drug-likeness (QED) is 0.0451. The van der Waals surface area contributed by atoms with Crippen LogP contribution in [0.15, 0.2) is 48.1 Å². The molecular weight excluding hydrogens is 797 g/mol. The SMILES string of the molecule is CC(C)(C)CC(C)(C)OOC(=O)C1=CC(C(=O)c2cccc(C(=O)OOC(C)(C)CC(C)(C)C)c2)C=CC1(C(=O)OOC(C)(C)CC(C)(C)C)C(=O)OOC(C)(C)CC(C)(C)C. The second-order valence-corrected chi connectivity index (χ2v) is 24.0. The molecule has 1 unspecified atom stereocenters. The third kappa shape index (κ3) is 17.7. The molecule has 2 rings (SSSR count). The molecule has 0 aliphatic heterocycles. The van der Waals surface area contributed by atoms with E-state index in [1.165, 1.54) is 30.3 Å². The van der Waals surface area contributed by atoms with Gasteiger partial charge in [0.2, 0.25) is 5.41 Å². The van der Waals surface area contributed by atoms with E-state index in [9.17, 15) is 24.0 Å². The third-order valence-corrected chi connectivity index (χ3v) is 9.07. The highest BCUT2D eigenvalue weighted by atomic mass is 17.2. The average molecular weight is 873 g/mol. The van der Waals surface area contributed by atoms with E-state index < -0.39 is 69.0 Å². The molecule has 0 N–H and O–H groups in total. The molecule has 0 amide bonds. The van der Waals surface area contributed by atoms with Gasteiger partial charge in [-0.2, -0.15) is 19.6 Å². The van der Waals surface area contributed by atoms with Crippen molar-refractivity contribution in [3.63, 3.8) is 0 Å². The molecule has 0 bridgehead atoms. The molecular formula is C49H76O13. The third-order valence-electron chi connectivity index (χ3n) is 9.07. The van der Waals surface area contributed by atoms with Crippen LogP contribution in [0.5, 0.6) is 0 Å². The average Bonchev–Trinajstić information content (AvgIpc) is 3.06. The Morgan fingerprint density at radius 2 is 0.823 bits per heavy atom. The fourth-order valence-electron chi connectivity index (χ4n) is 8.58. The largest absolute Gasteiger partial charge is 0.373 e. The second-order valence-electron chi connectivity index (χ2n) is 24.0. The lowest BCUT2D eigenvalue weighted by Gasteiger charge is -2.35. The van der Waals surface area contributed by atoms with Gasteiger partial charge in [0.15, 0.2) is 5.78 Å². The molecule has 13 heteroatoms. The van der Waals surface area contributed by atoms with E-state index in [1.54, 1.807) is 55.4 Å². The number of carbonyl (C=O) groups is 5. The van der Waals surface area contributed by atoms with Gasteiger partial charge in [-0.05, 0) is 115 Å². The molecule has 1 aromatic carbocycles. The number of rotatable bonds is 18. The van der Waals surface area contributed by atoms with Crippen LogP contribution >= 0.6 is 0 Å². The van der Waals surface area contributed by atoms with Gasteiger partial charge in [0.1, 0.15) is 22.4 Å². The molecule has 0 saturated heterocycles. The molecule has 0 spiro atoms. The van der Waals surface area contributed by atoms with Crippen molar-refractivity contribution in [3.8, 4) is 0 Å². The van der Waals surface area contributed by atoms with Crippen molar-refractivity contribution in [2.45, 2.75) is 187 Å². The number of ketones is 1. The summed E-state index contributed by atoms with van der Waals surface area (Å²) in [5.74, 6) is -6.72. The summed E-state index contributed by atoms with van der Waals surface area (Å²) in [6, 6.07) is 5.75. The summed E-state index contributed by atoms with van der Waals surface area (Å²) < 4.78 is 0. The van der Waals surface area contributed by atoms with Crippen LogP contribution in [0, 0.1) is 33.0 Å². The Hall–Kier alpha value is -3.91. The van der Waals surface area contributed by atoms with Gasteiger partial charge < -0.3 is 0 Å². The summed E-state index contributed by atoms with van der Waals surface area (Å²) in [5, 5.41) is 0. The topological polar surface area (TPSA) is 159 Å². The molecule has 0 radical (unpaired) electrons. The first-order valence-corrected chi connectivity index (χ1v) is 21.3. The highest BCUT2D eigenvalue weighted by Gasteiger charge is 2.58. The Kier molecular flexibility index (Phi) is 17.0. The monoisotopic (exact) mass is 873 g/mol. The Labute approximate surface area is 370 Å².